The van der Waals surface area contributed by atoms with Gasteiger partial charge >= 0.3 is 0 Å². The van der Waals surface area contributed by atoms with Gasteiger partial charge in [0.1, 0.15) is 0 Å². The third-order valence-electron chi connectivity index (χ3n) is 3.66. The maximum absolute atomic E-state index is 5.15. The zero-order chi connectivity index (χ0) is 12.5. The molecule has 0 aromatic heterocycles. The summed E-state index contributed by atoms with van der Waals surface area (Å²) in [5.41, 5.74) is 0. The van der Waals surface area contributed by atoms with Crippen molar-refractivity contribution in [1.82, 2.24) is 10.2 Å². The van der Waals surface area contributed by atoms with Gasteiger partial charge in [0.25, 0.3) is 0 Å². The van der Waals surface area contributed by atoms with Crippen molar-refractivity contribution in [3.8, 4) is 0 Å². The van der Waals surface area contributed by atoms with E-state index in [9.17, 15) is 0 Å². The SMILES string of the molecule is C=CCN(CCOC)CC1CC(CC)CCN1. The minimum Gasteiger partial charge on any atom is -0.383 e. The molecule has 0 aromatic carbocycles. The molecule has 1 aliphatic heterocycles. The van der Waals surface area contributed by atoms with E-state index >= 15 is 0 Å². The van der Waals surface area contributed by atoms with Crippen LogP contribution >= 0.6 is 0 Å². The number of methoxy groups -OCH3 is 1. The van der Waals surface area contributed by atoms with E-state index in [1.54, 1.807) is 7.11 Å². The molecule has 0 aromatic rings. The monoisotopic (exact) mass is 240 g/mol. The lowest BCUT2D eigenvalue weighted by atomic mass is 9.90. The predicted molar refractivity (Wildman–Crippen MR) is 73.3 cm³/mol. The molecule has 1 fully saturated rings. The summed E-state index contributed by atoms with van der Waals surface area (Å²) in [5.74, 6) is 0.911. The molecule has 0 bridgehead atoms. The van der Waals surface area contributed by atoms with E-state index in [2.05, 4.69) is 23.7 Å². The highest BCUT2D eigenvalue weighted by atomic mass is 16.5. The molecule has 2 atom stereocenters. The molecule has 3 heteroatoms. The smallest absolute Gasteiger partial charge is 0.0589 e. The summed E-state index contributed by atoms with van der Waals surface area (Å²) in [7, 11) is 1.76. The Hall–Kier alpha value is -0.380. The maximum atomic E-state index is 5.15. The molecular weight excluding hydrogens is 212 g/mol. The molecule has 0 saturated carbocycles. The number of piperidine rings is 1. The molecule has 0 aliphatic carbocycles. The lowest BCUT2D eigenvalue weighted by molar-refractivity contribution is 0.139. The third kappa shape index (κ3) is 5.66. The molecule has 1 saturated heterocycles. The Bertz CT molecular complexity index is 208. The van der Waals surface area contributed by atoms with Crippen LogP contribution in [0.3, 0.4) is 0 Å². The van der Waals surface area contributed by atoms with Gasteiger partial charge in [0.05, 0.1) is 6.61 Å². The van der Waals surface area contributed by atoms with Gasteiger partial charge in [-0.05, 0) is 25.3 Å². The van der Waals surface area contributed by atoms with Crippen LogP contribution in [0.1, 0.15) is 26.2 Å². The fourth-order valence-corrected chi connectivity index (χ4v) is 2.58. The molecule has 1 heterocycles. The molecule has 3 nitrogen and oxygen atoms in total. The first-order chi connectivity index (χ1) is 8.30. The molecule has 0 amide bonds. The number of ether oxygens (including phenoxy) is 1. The second-order valence-corrected chi connectivity index (χ2v) is 4.99. The Morgan fingerprint density at radius 3 is 3.00 bits per heavy atom. The normalized spacial score (nSPS) is 25.1. The minimum atomic E-state index is 0.644. The average molecular weight is 240 g/mol. The zero-order valence-corrected chi connectivity index (χ0v) is 11.5. The van der Waals surface area contributed by atoms with Crippen molar-refractivity contribution < 1.29 is 4.74 Å². The zero-order valence-electron chi connectivity index (χ0n) is 11.5. The van der Waals surface area contributed by atoms with Crippen molar-refractivity contribution in [2.24, 2.45) is 5.92 Å². The fourth-order valence-electron chi connectivity index (χ4n) is 2.58. The van der Waals surface area contributed by atoms with Crippen LogP contribution in [-0.4, -0.2) is 50.8 Å². The Morgan fingerprint density at radius 1 is 1.53 bits per heavy atom. The number of rotatable bonds is 8. The number of nitrogens with one attached hydrogen (secondary N) is 1. The van der Waals surface area contributed by atoms with Crippen LogP contribution in [0, 0.1) is 5.92 Å². The van der Waals surface area contributed by atoms with E-state index in [-0.39, 0.29) is 0 Å². The van der Waals surface area contributed by atoms with Gasteiger partial charge in [-0.25, -0.2) is 0 Å². The third-order valence-corrected chi connectivity index (χ3v) is 3.66. The second kappa shape index (κ2) is 8.67. The van der Waals surface area contributed by atoms with E-state index < -0.39 is 0 Å². The predicted octanol–water partition coefficient (Wildman–Crippen LogP) is 1.90. The van der Waals surface area contributed by atoms with Crippen LogP contribution < -0.4 is 5.32 Å². The van der Waals surface area contributed by atoms with Crippen molar-refractivity contribution in [1.29, 1.82) is 0 Å². The van der Waals surface area contributed by atoms with E-state index in [1.807, 2.05) is 6.08 Å². The van der Waals surface area contributed by atoms with E-state index in [0.29, 0.717) is 6.04 Å². The number of hydrogen-bond donors (Lipinski definition) is 1. The summed E-state index contributed by atoms with van der Waals surface area (Å²) in [6.07, 6.45) is 5.96. The Labute approximate surface area is 106 Å². The first kappa shape index (κ1) is 14.7. The maximum Gasteiger partial charge on any atom is 0.0589 e. The van der Waals surface area contributed by atoms with Gasteiger partial charge in [-0.1, -0.05) is 19.4 Å². The highest BCUT2D eigenvalue weighted by Crippen LogP contribution is 2.19. The van der Waals surface area contributed by atoms with Gasteiger partial charge in [0, 0.05) is 32.8 Å². The fraction of sp³-hybridized carbons (Fsp3) is 0.857. The molecule has 2 unspecified atom stereocenters. The number of nitrogens with zero attached hydrogens (tertiary/aromatic N) is 1. The van der Waals surface area contributed by atoms with Crippen molar-refractivity contribution in [3.63, 3.8) is 0 Å². The quantitative estimate of drug-likeness (QED) is 0.656. The van der Waals surface area contributed by atoms with Gasteiger partial charge in [0.15, 0.2) is 0 Å². The van der Waals surface area contributed by atoms with Crippen LogP contribution in [0.2, 0.25) is 0 Å². The van der Waals surface area contributed by atoms with Crippen LogP contribution in [0.5, 0.6) is 0 Å². The molecule has 1 N–H and O–H groups in total. The Kier molecular flexibility index (Phi) is 7.49. The highest BCUT2D eigenvalue weighted by molar-refractivity contribution is 4.83. The van der Waals surface area contributed by atoms with Gasteiger partial charge < -0.3 is 10.1 Å². The van der Waals surface area contributed by atoms with Gasteiger partial charge in [-0.15, -0.1) is 6.58 Å². The summed E-state index contributed by atoms with van der Waals surface area (Å²) in [4.78, 5) is 2.42. The van der Waals surface area contributed by atoms with Crippen LogP contribution in [0.25, 0.3) is 0 Å². The lowest BCUT2D eigenvalue weighted by Crippen LogP contribution is -2.46. The van der Waals surface area contributed by atoms with Crippen LogP contribution in [-0.2, 0) is 4.74 Å². The van der Waals surface area contributed by atoms with Gasteiger partial charge in [-0.2, -0.15) is 0 Å². The Morgan fingerprint density at radius 2 is 2.35 bits per heavy atom. The summed E-state index contributed by atoms with van der Waals surface area (Å²) in [6, 6.07) is 0.644. The molecule has 100 valence electrons. The van der Waals surface area contributed by atoms with Crippen LogP contribution in [0.15, 0.2) is 12.7 Å². The summed E-state index contributed by atoms with van der Waals surface area (Å²) >= 11 is 0. The van der Waals surface area contributed by atoms with Crippen LogP contribution in [0.4, 0.5) is 0 Å². The summed E-state index contributed by atoms with van der Waals surface area (Å²) in [6.45, 7) is 11.2. The van der Waals surface area contributed by atoms with Crippen molar-refractivity contribution in [2.45, 2.75) is 32.2 Å². The second-order valence-electron chi connectivity index (χ2n) is 4.99. The topological polar surface area (TPSA) is 24.5 Å². The summed E-state index contributed by atoms with van der Waals surface area (Å²) < 4.78 is 5.15. The van der Waals surface area contributed by atoms with E-state index in [1.165, 1.54) is 25.8 Å². The summed E-state index contributed by atoms with van der Waals surface area (Å²) in [5, 5.41) is 3.63. The van der Waals surface area contributed by atoms with Gasteiger partial charge in [-0.3, -0.25) is 4.90 Å². The average Bonchev–Trinajstić information content (AvgIpc) is 2.36. The first-order valence-electron chi connectivity index (χ1n) is 6.85. The lowest BCUT2D eigenvalue weighted by Gasteiger charge is -2.33. The minimum absolute atomic E-state index is 0.644. The molecule has 1 rings (SSSR count). The molecule has 1 aliphatic rings. The van der Waals surface area contributed by atoms with Crippen molar-refractivity contribution >= 4 is 0 Å². The Balaban J connectivity index is 2.33. The van der Waals surface area contributed by atoms with Crippen molar-refractivity contribution in [2.75, 3.05) is 39.9 Å². The van der Waals surface area contributed by atoms with E-state index in [0.717, 1.165) is 32.2 Å². The highest BCUT2D eigenvalue weighted by Gasteiger charge is 2.21. The standard InChI is InChI=1S/C14H28N2O/c1-4-8-16(9-10-17-3)12-14-11-13(5-2)6-7-15-14/h4,13-15H,1,5-12H2,2-3H3. The van der Waals surface area contributed by atoms with Crippen molar-refractivity contribution in [3.05, 3.63) is 12.7 Å². The molecular formula is C14H28N2O. The number of hydrogen-bond acceptors (Lipinski definition) is 3. The van der Waals surface area contributed by atoms with Gasteiger partial charge in [0.2, 0.25) is 0 Å². The molecule has 0 spiro atoms. The van der Waals surface area contributed by atoms with E-state index in [4.69, 9.17) is 4.74 Å². The molecule has 17 heavy (non-hydrogen) atoms. The molecule has 0 radical (unpaired) electrons. The largest absolute Gasteiger partial charge is 0.383 e. The first-order valence-corrected chi connectivity index (χ1v) is 6.85.